The fourth-order valence-corrected chi connectivity index (χ4v) is 6.05. The largest absolute Gasteiger partial charge is 0.323 e. The van der Waals surface area contributed by atoms with Gasteiger partial charge >= 0.3 is 0 Å². The van der Waals surface area contributed by atoms with E-state index >= 15 is 0 Å². The summed E-state index contributed by atoms with van der Waals surface area (Å²) in [6.07, 6.45) is 3.26. The molecule has 0 fully saturated rings. The molecule has 0 aliphatic rings. The summed E-state index contributed by atoms with van der Waals surface area (Å²) < 4.78 is 4.32. The van der Waals surface area contributed by atoms with Crippen molar-refractivity contribution in [3.63, 3.8) is 0 Å². The molecule has 0 aliphatic heterocycles. The minimum Gasteiger partial charge on any atom is -0.323 e. The fourth-order valence-electron chi connectivity index (χ4n) is 2.83. The van der Waals surface area contributed by atoms with Gasteiger partial charge in [0.2, 0.25) is 5.91 Å². The van der Waals surface area contributed by atoms with Crippen LogP contribution in [0.3, 0.4) is 0 Å². The SMILES string of the molecule is O=C(CSc1ncnc2c1cnn2Cc1ccccc1)Nc1c(Br)cc(Br)cc1Br. The normalized spacial score (nSPS) is 11.0. The Morgan fingerprint density at radius 2 is 1.80 bits per heavy atom. The lowest BCUT2D eigenvalue weighted by atomic mass is 10.2. The van der Waals surface area contributed by atoms with E-state index in [1.165, 1.54) is 18.1 Å². The number of rotatable bonds is 6. The van der Waals surface area contributed by atoms with E-state index in [9.17, 15) is 4.79 Å². The number of halogens is 3. The summed E-state index contributed by atoms with van der Waals surface area (Å²) in [6.45, 7) is 0.623. The van der Waals surface area contributed by atoms with Gasteiger partial charge in [-0.25, -0.2) is 14.6 Å². The third-order valence-corrected chi connectivity index (χ3v) is 6.90. The highest BCUT2D eigenvalue weighted by Crippen LogP contribution is 2.34. The summed E-state index contributed by atoms with van der Waals surface area (Å²) in [7, 11) is 0. The maximum atomic E-state index is 12.5. The van der Waals surface area contributed by atoms with Gasteiger partial charge in [-0.3, -0.25) is 4.79 Å². The Morgan fingerprint density at radius 1 is 1.07 bits per heavy atom. The first kappa shape index (κ1) is 21.5. The van der Waals surface area contributed by atoms with Crippen molar-refractivity contribution in [1.29, 1.82) is 0 Å². The molecule has 30 heavy (non-hydrogen) atoms. The first-order valence-corrected chi connectivity index (χ1v) is 12.2. The molecule has 0 saturated carbocycles. The minimum atomic E-state index is -0.132. The van der Waals surface area contributed by atoms with E-state index in [2.05, 4.69) is 68.2 Å². The van der Waals surface area contributed by atoms with Crippen molar-refractivity contribution in [1.82, 2.24) is 19.7 Å². The summed E-state index contributed by atoms with van der Waals surface area (Å²) in [5, 5.41) is 8.94. The number of nitrogens with zero attached hydrogens (tertiary/aromatic N) is 4. The molecule has 0 spiro atoms. The molecule has 1 amide bonds. The maximum absolute atomic E-state index is 12.5. The lowest BCUT2D eigenvalue weighted by Crippen LogP contribution is -2.15. The summed E-state index contributed by atoms with van der Waals surface area (Å²) in [4.78, 5) is 21.2. The lowest BCUT2D eigenvalue weighted by molar-refractivity contribution is -0.113. The van der Waals surface area contributed by atoms with Crippen molar-refractivity contribution in [2.75, 3.05) is 11.1 Å². The van der Waals surface area contributed by atoms with Crippen LogP contribution < -0.4 is 5.32 Å². The monoisotopic (exact) mass is 609 g/mol. The van der Waals surface area contributed by atoms with Gasteiger partial charge in [-0.15, -0.1) is 0 Å². The highest BCUT2D eigenvalue weighted by atomic mass is 79.9. The number of aromatic nitrogens is 4. The number of carbonyl (C=O) groups excluding carboxylic acids is 1. The van der Waals surface area contributed by atoms with E-state index in [4.69, 9.17) is 0 Å². The quantitative estimate of drug-likeness (QED) is 0.217. The Bertz CT molecular complexity index is 1190. The number of hydrogen-bond acceptors (Lipinski definition) is 5. The Hall–Kier alpha value is -1.75. The molecular weight excluding hydrogens is 598 g/mol. The van der Waals surface area contributed by atoms with E-state index in [1.807, 2.05) is 47.1 Å². The third kappa shape index (κ3) is 4.93. The molecule has 0 radical (unpaired) electrons. The van der Waals surface area contributed by atoms with Crippen LogP contribution in [0.15, 0.2) is 73.4 Å². The van der Waals surface area contributed by atoms with E-state index in [1.54, 1.807) is 6.20 Å². The zero-order valence-corrected chi connectivity index (χ0v) is 20.9. The van der Waals surface area contributed by atoms with Crippen molar-refractivity contribution in [3.8, 4) is 0 Å². The molecule has 2 aromatic heterocycles. The van der Waals surface area contributed by atoms with Gasteiger partial charge in [-0.2, -0.15) is 5.10 Å². The zero-order valence-electron chi connectivity index (χ0n) is 15.3. The van der Waals surface area contributed by atoms with Crippen LogP contribution in [0.2, 0.25) is 0 Å². The van der Waals surface area contributed by atoms with Crippen LogP contribution in [-0.4, -0.2) is 31.4 Å². The number of thioether (sulfide) groups is 1. The molecule has 0 aliphatic carbocycles. The molecule has 4 aromatic rings. The standard InChI is InChI=1S/C20H14Br3N5OS/c21-13-6-15(22)18(16(23)7-13)27-17(29)10-30-20-14-8-26-28(19(14)24-11-25-20)9-12-4-2-1-3-5-12/h1-8,11H,9-10H2,(H,27,29). The molecule has 6 nitrogen and oxygen atoms in total. The van der Waals surface area contributed by atoms with Gasteiger partial charge in [0.05, 0.1) is 29.6 Å². The molecule has 0 atom stereocenters. The highest BCUT2D eigenvalue weighted by molar-refractivity contribution is 9.11. The van der Waals surface area contributed by atoms with Crippen LogP contribution in [-0.2, 0) is 11.3 Å². The van der Waals surface area contributed by atoms with Gasteiger partial charge < -0.3 is 5.32 Å². The summed E-state index contributed by atoms with van der Waals surface area (Å²) in [5.74, 6) is 0.0810. The Morgan fingerprint density at radius 3 is 2.53 bits per heavy atom. The molecule has 0 unspecified atom stereocenters. The lowest BCUT2D eigenvalue weighted by Gasteiger charge is -2.10. The van der Waals surface area contributed by atoms with Crippen LogP contribution in [0.25, 0.3) is 11.0 Å². The fraction of sp³-hybridized carbons (Fsp3) is 0.100. The first-order chi connectivity index (χ1) is 14.5. The number of nitrogens with one attached hydrogen (secondary N) is 1. The van der Waals surface area contributed by atoms with Crippen LogP contribution in [0.1, 0.15) is 5.56 Å². The smallest absolute Gasteiger partial charge is 0.234 e. The molecule has 0 saturated heterocycles. The van der Waals surface area contributed by atoms with Gasteiger partial charge in [0.1, 0.15) is 11.4 Å². The van der Waals surface area contributed by atoms with Gasteiger partial charge in [-0.1, -0.05) is 58.0 Å². The van der Waals surface area contributed by atoms with E-state index in [0.29, 0.717) is 12.2 Å². The third-order valence-electron chi connectivity index (χ3n) is 4.18. The number of amides is 1. The van der Waals surface area contributed by atoms with E-state index in [0.717, 1.165) is 35.0 Å². The second-order valence-electron chi connectivity index (χ2n) is 6.29. The summed E-state index contributed by atoms with van der Waals surface area (Å²) >= 11 is 11.7. The van der Waals surface area contributed by atoms with Crippen molar-refractivity contribution < 1.29 is 4.79 Å². The number of benzene rings is 2. The first-order valence-electron chi connectivity index (χ1n) is 8.79. The van der Waals surface area contributed by atoms with Crippen molar-refractivity contribution in [3.05, 3.63) is 74.0 Å². The second-order valence-corrected chi connectivity index (χ2v) is 9.87. The van der Waals surface area contributed by atoms with Crippen LogP contribution in [0.4, 0.5) is 5.69 Å². The zero-order chi connectivity index (χ0) is 21.1. The van der Waals surface area contributed by atoms with Crippen LogP contribution >= 0.6 is 59.6 Å². The van der Waals surface area contributed by atoms with Crippen molar-refractivity contribution in [2.24, 2.45) is 0 Å². The number of anilines is 1. The number of carbonyl (C=O) groups is 1. The van der Waals surface area contributed by atoms with Crippen LogP contribution in [0.5, 0.6) is 0 Å². The van der Waals surface area contributed by atoms with E-state index in [-0.39, 0.29) is 11.7 Å². The van der Waals surface area contributed by atoms with Crippen LogP contribution in [0, 0.1) is 0 Å². The molecule has 1 N–H and O–H groups in total. The summed E-state index contributed by atoms with van der Waals surface area (Å²) in [5.41, 5.74) is 2.57. The maximum Gasteiger partial charge on any atom is 0.234 e. The van der Waals surface area contributed by atoms with Gasteiger partial charge in [0.25, 0.3) is 0 Å². The summed E-state index contributed by atoms with van der Waals surface area (Å²) in [6, 6.07) is 13.8. The van der Waals surface area contributed by atoms with Crippen molar-refractivity contribution in [2.45, 2.75) is 11.6 Å². The average molecular weight is 612 g/mol. The molecule has 0 bridgehead atoms. The van der Waals surface area contributed by atoms with Crippen molar-refractivity contribution >= 4 is 82.2 Å². The molecule has 10 heteroatoms. The Kier molecular flexibility index (Phi) is 6.87. The average Bonchev–Trinajstić information content (AvgIpc) is 3.13. The topological polar surface area (TPSA) is 72.7 Å². The highest BCUT2D eigenvalue weighted by Gasteiger charge is 2.14. The number of hydrogen-bond donors (Lipinski definition) is 1. The minimum absolute atomic E-state index is 0.132. The second kappa shape index (κ2) is 9.59. The molecule has 152 valence electrons. The Labute approximate surface area is 202 Å². The predicted octanol–water partition coefficient (Wildman–Crippen LogP) is 5.89. The molecular formula is C20H14Br3N5OS. The molecule has 2 heterocycles. The van der Waals surface area contributed by atoms with Gasteiger partial charge in [0.15, 0.2) is 5.65 Å². The number of fused-ring (bicyclic) bond motifs is 1. The molecule has 2 aromatic carbocycles. The van der Waals surface area contributed by atoms with Gasteiger partial charge in [0, 0.05) is 13.4 Å². The van der Waals surface area contributed by atoms with E-state index < -0.39 is 0 Å². The van der Waals surface area contributed by atoms with Gasteiger partial charge in [-0.05, 0) is 49.6 Å². The predicted molar refractivity (Wildman–Crippen MR) is 130 cm³/mol. The molecule has 4 rings (SSSR count). The Balaban J connectivity index is 1.47.